The second kappa shape index (κ2) is 7.97. The van der Waals surface area contributed by atoms with Gasteiger partial charge in [0.05, 0.1) is 22.8 Å². The van der Waals surface area contributed by atoms with E-state index in [1.807, 2.05) is 24.4 Å². The zero-order valence-electron chi connectivity index (χ0n) is 16.4. The summed E-state index contributed by atoms with van der Waals surface area (Å²) in [5, 5.41) is 0. The summed E-state index contributed by atoms with van der Waals surface area (Å²) >= 11 is 3.63. The first-order valence-electron chi connectivity index (χ1n) is 9.59. The SMILES string of the molecule is CCC[C@@H]1N=C(c2ccccn2)c2cc(Br)ccc2-n2cc(CN(C)C)nc21. The van der Waals surface area contributed by atoms with Gasteiger partial charge < -0.3 is 9.47 Å². The van der Waals surface area contributed by atoms with Crippen LogP contribution in [0.3, 0.4) is 0 Å². The van der Waals surface area contributed by atoms with Crippen LogP contribution in [-0.2, 0) is 6.54 Å². The van der Waals surface area contributed by atoms with Crippen molar-refractivity contribution in [2.75, 3.05) is 14.1 Å². The minimum Gasteiger partial charge on any atom is -0.304 e. The van der Waals surface area contributed by atoms with Crippen molar-refractivity contribution in [2.45, 2.75) is 32.4 Å². The second-order valence-electron chi connectivity index (χ2n) is 7.36. The van der Waals surface area contributed by atoms with Gasteiger partial charge in [0, 0.05) is 29.0 Å². The number of hydrogen-bond donors (Lipinski definition) is 0. The molecular weight excluding hydrogens is 414 g/mol. The molecule has 0 spiro atoms. The molecule has 0 amide bonds. The monoisotopic (exact) mass is 437 g/mol. The standard InChI is InChI=1S/C22H24BrN5/c1-4-7-19-22-25-16(13-27(2)3)14-28(22)20-10-9-15(23)12-17(20)21(26-19)18-8-5-6-11-24-18/h5-6,8-12,14,19H,4,7,13H2,1-3H3/t19-/m0/s1. The molecule has 0 unspecified atom stereocenters. The van der Waals surface area contributed by atoms with Crippen LogP contribution in [0.1, 0.15) is 48.6 Å². The van der Waals surface area contributed by atoms with Gasteiger partial charge in [-0.2, -0.15) is 0 Å². The lowest BCUT2D eigenvalue weighted by atomic mass is 10.0. The van der Waals surface area contributed by atoms with Gasteiger partial charge in [0.1, 0.15) is 11.9 Å². The Hall–Kier alpha value is -2.31. The van der Waals surface area contributed by atoms with Gasteiger partial charge in [0.15, 0.2) is 0 Å². The average Bonchev–Trinajstić information content (AvgIpc) is 3.03. The van der Waals surface area contributed by atoms with Crippen molar-refractivity contribution in [2.24, 2.45) is 4.99 Å². The molecule has 0 radical (unpaired) electrons. The Balaban J connectivity index is 1.95. The molecule has 3 aromatic rings. The molecule has 2 aromatic heterocycles. The van der Waals surface area contributed by atoms with Gasteiger partial charge in [0.25, 0.3) is 0 Å². The molecule has 144 valence electrons. The van der Waals surface area contributed by atoms with Crippen molar-refractivity contribution < 1.29 is 0 Å². The lowest BCUT2D eigenvalue weighted by molar-refractivity contribution is 0.397. The third kappa shape index (κ3) is 3.66. The lowest BCUT2D eigenvalue weighted by Gasteiger charge is -2.12. The van der Waals surface area contributed by atoms with Gasteiger partial charge in [-0.15, -0.1) is 0 Å². The minimum absolute atomic E-state index is 0.00379. The highest BCUT2D eigenvalue weighted by atomic mass is 79.9. The Labute approximate surface area is 174 Å². The Bertz CT molecular complexity index is 1010. The Morgan fingerprint density at radius 1 is 1.18 bits per heavy atom. The number of hydrogen-bond acceptors (Lipinski definition) is 4. The maximum atomic E-state index is 5.19. The van der Waals surface area contributed by atoms with Crippen LogP contribution in [0, 0.1) is 0 Å². The van der Waals surface area contributed by atoms with Gasteiger partial charge in [0.2, 0.25) is 0 Å². The van der Waals surface area contributed by atoms with Crippen LogP contribution in [0.4, 0.5) is 0 Å². The highest BCUT2D eigenvalue weighted by Gasteiger charge is 2.27. The molecule has 0 N–H and O–H groups in total. The van der Waals surface area contributed by atoms with Crippen LogP contribution in [0.2, 0.25) is 0 Å². The molecule has 0 aliphatic carbocycles. The predicted octanol–water partition coefficient (Wildman–Crippen LogP) is 4.78. The fraction of sp³-hybridized carbons (Fsp3) is 0.318. The number of pyridine rings is 1. The molecule has 0 saturated carbocycles. The number of aliphatic imine (C=N–C) groups is 1. The fourth-order valence-corrected chi connectivity index (χ4v) is 4.00. The summed E-state index contributed by atoms with van der Waals surface area (Å²) in [6.07, 6.45) is 5.97. The first kappa shape index (κ1) is 19.0. The molecule has 3 heterocycles. The van der Waals surface area contributed by atoms with E-state index in [1.165, 1.54) is 0 Å². The van der Waals surface area contributed by atoms with E-state index >= 15 is 0 Å². The van der Waals surface area contributed by atoms with Crippen molar-refractivity contribution in [1.82, 2.24) is 19.4 Å². The molecule has 6 heteroatoms. The highest BCUT2D eigenvalue weighted by molar-refractivity contribution is 9.10. The third-order valence-electron chi connectivity index (χ3n) is 4.79. The quantitative estimate of drug-likeness (QED) is 0.576. The van der Waals surface area contributed by atoms with Crippen LogP contribution < -0.4 is 0 Å². The molecule has 0 bridgehead atoms. The average molecular weight is 438 g/mol. The van der Waals surface area contributed by atoms with E-state index in [1.54, 1.807) is 0 Å². The van der Waals surface area contributed by atoms with E-state index in [0.29, 0.717) is 0 Å². The summed E-state index contributed by atoms with van der Waals surface area (Å²) in [4.78, 5) is 16.9. The van der Waals surface area contributed by atoms with Crippen LogP contribution in [0.5, 0.6) is 0 Å². The maximum absolute atomic E-state index is 5.19. The number of nitrogens with zero attached hydrogens (tertiary/aromatic N) is 5. The fourth-order valence-electron chi connectivity index (χ4n) is 3.64. The van der Waals surface area contributed by atoms with E-state index in [4.69, 9.17) is 9.98 Å². The Kier molecular flexibility index (Phi) is 5.42. The molecule has 1 aliphatic heterocycles. The van der Waals surface area contributed by atoms with Crippen LogP contribution in [-0.4, -0.2) is 39.2 Å². The van der Waals surface area contributed by atoms with Gasteiger partial charge in [-0.25, -0.2) is 4.98 Å². The zero-order valence-corrected chi connectivity index (χ0v) is 18.0. The van der Waals surface area contributed by atoms with Crippen molar-refractivity contribution in [1.29, 1.82) is 0 Å². The molecule has 1 aromatic carbocycles. The van der Waals surface area contributed by atoms with Gasteiger partial charge in [-0.3, -0.25) is 9.98 Å². The van der Waals surface area contributed by atoms with E-state index in [0.717, 1.165) is 58.0 Å². The first-order valence-corrected chi connectivity index (χ1v) is 10.4. The number of halogens is 1. The van der Waals surface area contributed by atoms with Crippen molar-refractivity contribution in [3.8, 4) is 5.69 Å². The Morgan fingerprint density at radius 3 is 2.75 bits per heavy atom. The van der Waals surface area contributed by atoms with Crippen molar-refractivity contribution >= 4 is 21.6 Å². The first-order chi connectivity index (χ1) is 13.6. The minimum atomic E-state index is 0.00379. The molecule has 5 nitrogen and oxygen atoms in total. The van der Waals surface area contributed by atoms with E-state index < -0.39 is 0 Å². The molecule has 28 heavy (non-hydrogen) atoms. The molecule has 1 aliphatic rings. The third-order valence-corrected chi connectivity index (χ3v) is 5.28. The number of benzene rings is 1. The summed E-state index contributed by atoms with van der Waals surface area (Å²) in [5.74, 6) is 1.01. The number of rotatable bonds is 5. The molecule has 1 atom stereocenters. The lowest BCUT2D eigenvalue weighted by Crippen LogP contribution is -2.11. The van der Waals surface area contributed by atoms with Crippen LogP contribution >= 0.6 is 15.9 Å². The van der Waals surface area contributed by atoms with Crippen molar-refractivity contribution in [3.63, 3.8) is 0 Å². The van der Waals surface area contributed by atoms with Gasteiger partial charge in [-0.1, -0.05) is 35.3 Å². The van der Waals surface area contributed by atoms with Gasteiger partial charge >= 0.3 is 0 Å². The molecule has 0 saturated heterocycles. The molecule has 4 rings (SSSR count). The summed E-state index contributed by atoms with van der Waals surface area (Å²) in [6.45, 7) is 3.00. The van der Waals surface area contributed by atoms with E-state index in [2.05, 4.69) is 75.8 Å². The number of aromatic nitrogens is 3. The Morgan fingerprint density at radius 2 is 2.04 bits per heavy atom. The van der Waals surface area contributed by atoms with Crippen molar-refractivity contribution in [3.05, 3.63) is 76.0 Å². The van der Waals surface area contributed by atoms with E-state index in [-0.39, 0.29) is 6.04 Å². The maximum Gasteiger partial charge on any atom is 0.138 e. The smallest absolute Gasteiger partial charge is 0.138 e. The van der Waals surface area contributed by atoms with E-state index in [9.17, 15) is 0 Å². The highest BCUT2D eigenvalue weighted by Crippen LogP contribution is 2.34. The second-order valence-corrected chi connectivity index (χ2v) is 8.27. The summed E-state index contributed by atoms with van der Waals surface area (Å²) in [5.41, 5.74) is 5.05. The molecular formula is C22H24BrN5. The molecule has 0 fully saturated rings. The van der Waals surface area contributed by atoms with Gasteiger partial charge in [-0.05, 0) is 50.8 Å². The number of fused-ring (bicyclic) bond motifs is 3. The summed E-state index contributed by atoms with van der Waals surface area (Å²) < 4.78 is 3.25. The predicted molar refractivity (Wildman–Crippen MR) is 116 cm³/mol. The van der Waals surface area contributed by atoms with Crippen LogP contribution in [0.15, 0.2) is 58.3 Å². The summed E-state index contributed by atoms with van der Waals surface area (Å²) in [6, 6.07) is 12.3. The zero-order chi connectivity index (χ0) is 19.7. The normalized spacial score (nSPS) is 15.8. The largest absolute Gasteiger partial charge is 0.304 e. The topological polar surface area (TPSA) is 46.3 Å². The van der Waals surface area contributed by atoms with Crippen LogP contribution in [0.25, 0.3) is 5.69 Å². The summed E-state index contributed by atoms with van der Waals surface area (Å²) in [7, 11) is 4.13. The number of imidazole rings is 1.